The first-order valence-electron chi connectivity index (χ1n) is 7.86. The molecule has 2 bridgehead atoms. The molecule has 4 heterocycles. The van der Waals surface area contributed by atoms with E-state index in [0.717, 1.165) is 19.3 Å². The fourth-order valence-electron chi connectivity index (χ4n) is 4.90. The van der Waals surface area contributed by atoms with Crippen LogP contribution in [-0.4, -0.2) is 36.0 Å². The van der Waals surface area contributed by atoms with E-state index in [-0.39, 0.29) is 24.7 Å². The third-order valence-corrected chi connectivity index (χ3v) is 6.04. The van der Waals surface area contributed by atoms with Crippen molar-refractivity contribution < 1.29 is 24.4 Å². The number of aliphatic hydroxyl groups excluding tert-OH is 1. The molecular weight excluding hydrogens is 260 g/mol. The van der Waals surface area contributed by atoms with Crippen molar-refractivity contribution in [2.24, 2.45) is 23.7 Å². The van der Waals surface area contributed by atoms with Gasteiger partial charge >= 0.3 is 0 Å². The molecule has 0 radical (unpaired) electrons. The molecule has 1 aliphatic carbocycles. The van der Waals surface area contributed by atoms with Gasteiger partial charge in [-0.1, -0.05) is 6.92 Å². The minimum absolute atomic E-state index is 0.121. The molecule has 0 amide bonds. The number of rotatable bonds is 1. The highest BCUT2D eigenvalue weighted by Gasteiger charge is 2.68. The molecule has 1 N–H and O–H groups in total. The van der Waals surface area contributed by atoms with Crippen LogP contribution in [0.2, 0.25) is 0 Å². The smallest absolute Gasteiger partial charge is 0.201 e. The minimum atomic E-state index is -0.691. The maximum atomic E-state index is 9.69. The second kappa shape index (κ2) is 4.40. The van der Waals surface area contributed by atoms with Gasteiger partial charge < -0.3 is 14.6 Å². The summed E-state index contributed by atoms with van der Waals surface area (Å²) in [7, 11) is 0. The summed E-state index contributed by atoms with van der Waals surface area (Å²) in [6, 6.07) is 0. The van der Waals surface area contributed by atoms with E-state index in [9.17, 15) is 5.11 Å². The third-order valence-electron chi connectivity index (χ3n) is 6.04. The summed E-state index contributed by atoms with van der Waals surface area (Å²) < 4.78 is 12.1. The van der Waals surface area contributed by atoms with E-state index in [4.69, 9.17) is 19.2 Å². The van der Waals surface area contributed by atoms with Gasteiger partial charge in [0.05, 0.1) is 6.61 Å². The first-order valence-corrected chi connectivity index (χ1v) is 7.86. The van der Waals surface area contributed by atoms with Gasteiger partial charge in [0.15, 0.2) is 11.9 Å². The SMILES string of the molecule is C[C@@H]1CC[C@H]2[C@H](CO)CO[C@@H]3O[C@]4(C)CC[C@@H]1[C@]32OO4. The Hall–Kier alpha value is -0.200. The molecule has 0 aromatic heterocycles. The molecule has 1 spiro atoms. The number of aliphatic hydroxyl groups is 1. The van der Waals surface area contributed by atoms with Crippen molar-refractivity contribution in [1.82, 2.24) is 0 Å². The van der Waals surface area contributed by atoms with Crippen molar-refractivity contribution in [3.05, 3.63) is 0 Å². The Morgan fingerprint density at radius 1 is 1.15 bits per heavy atom. The van der Waals surface area contributed by atoms with Gasteiger partial charge in [-0.15, -0.1) is 0 Å². The average molecular weight is 284 g/mol. The molecule has 114 valence electrons. The molecule has 0 aromatic rings. The lowest BCUT2D eigenvalue weighted by atomic mass is 9.58. The number of hydrogen-bond donors (Lipinski definition) is 1. The van der Waals surface area contributed by atoms with Crippen molar-refractivity contribution in [2.75, 3.05) is 13.2 Å². The van der Waals surface area contributed by atoms with E-state index in [1.54, 1.807) is 0 Å². The molecular formula is C15H24O5. The fourth-order valence-corrected chi connectivity index (χ4v) is 4.90. The Kier molecular flexibility index (Phi) is 2.96. The van der Waals surface area contributed by atoms with Crippen LogP contribution in [0.3, 0.4) is 0 Å². The van der Waals surface area contributed by atoms with E-state index in [1.807, 2.05) is 6.92 Å². The van der Waals surface area contributed by atoms with Crippen molar-refractivity contribution in [2.45, 2.75) is 57.2 Å². The zero-order valence-corrected chi connectivity index (χ0v) is 12.2. The summed E-state index contributed by atoms with van der Waals surface area (Å²) >= 11 is 0. The van der Waals surface area contributed by atoms with Gasteiger partial charge in [-0.3, -0.25) is 0 Å². The van der Waals surface area contributed by atoms with Gasteiger partial charge in [-0.05, 0) is 38.0 Å². The van der Waals surface area contributed by atoms with Crippen molar-refractivity contribution in [3.8, 4) is 0 Å². The average Bonchev–Trinajstić information content (AvgIpc) is 2.67. The van der Waals surface area contributed by atoms with Crippen LogP contribution in [-0.2, 0) is 19.2 Å². The predicted molar refractivity (Wildman–Crippen MR) is 69.3 cm³/mol. The van der Waals surface area contributed by atoms with Crippen LogP contribution < -0.4 is 0 Å². The Morgan fingerprint density at radius 2 is 2.00 bits per heavy atom. The molecule has 5 rings (SSSR count). The van der Waals surface area contributed by atoms with Crippen molar-refractivity contribution >= 4 is 0 Å². The molecule has 5 heteroatoms. The monoisotopic (exact) mass is 284 g/mol. The van der Waals surface area contributed by atoms with E-state index in [0.29, 0.717) is 18.4 Å². The molecule has 4 saturated heterocycles. The van der Waals surface area contributed by atoms with Crippen LogP contribution in [0.25, 0.3) is 0 Å². The maximum Gasteiger partial charge on any atom is 0.201 e. The second-order valence-electron chi connectivity index (χ2n) is 7.19. The summed E-state index contributed by atoms with van der Waals surface area (Å²) in [5.74, 6) is 0.641. The standard InChI is InChI=1S/C15H24O5/c1-9-3-4-12-10(7-16)8-17-13-15(12)11(9)5-6-14(2,18-13)19-20-15/h9-13,16H,3-8H2,1-2H3/t9-,10-,11+,12+,13-,14+,15-/m1/s1. The molecule has 1 saturated carbocycles. The van der Waals surface area contributed by atoms with Crippen LogP contribution in [0.1, 0.15) is 39.5 Å². The Labute approximate surface area is 119 Å². The second-order valence-corrected chi connectivity index (χ2v) is 7.19. The van der Waals surface area contributed by atoms with E-state index < -0.39 is 11.4 Å². The summed E-state index contributed by atoms with van der Waals surface area (Å²) in [5.41, 5.74) is -0.528. The van der Waals surface area contributed by atoms with Crippen LogP contribution in [0.15, 0.2) is 0 Å². The number of ether oxygens (including phenoxy) is 2. The first-order chi connectivity index (χ1) is 9.59. The van der Waals surface area contributed by atoms with Crippen LogP contribution in [0.5, 0.6) is 0 Å². The van der Waals surface area contributed by atoms with Gasteiger partial charge in [-0.2, -0.15) is 0 Å². The lowest BCUT2D eigenvalue weighted by Gasteiger charge is -2.59. The summed E-state index contributed by atoms with van der Waals surface area (Å²) in [4.78, 5) is 11.6. The highest BCUT2D eigenvalue weighted by molar-refractivity contribution is 5.08. The van der Waals surface area contributed by atoms with Gasteiger partial charge in [0, 0.05) is 24.9 Å². The van der Waals surface area contributed by atoms with E-state index in [2.05, 4.69) is 6.92 Å². The molecule has 7 atom stereocenters. The van der Waals surface area contributed by atoms with Crippen LogP contribution in [0, 0.1) is 23.7 Å². The highest BCUT2D eigenvalue weighted by Crippen LogP contribution is 2.59. The van der Waals surface area contributed by atoms with Gasteiger partial charge in [0.1, 0.15) is 0 Å². The quantitative estimate of drug-likeness (QED) is 0.745. The topological polar surface area (TPSA) is 57.2 Å². The molecule has 0 aromatic carbocycles. The minimum Gasteiger partial charge on any atom is -0.396 e. The lowest BCUT2D eigenvalue weighted by molar-refractivity contribution is -0.567. The molecule has 5 fully saturated rings. The third kappa shape index (κ3) is 1.61. The van der Waals surface area contributed by atoms with Crippen molar-refractivity contribution in [1.29, 1.82) is 0 Å². The molecule has 20 heavy (non-hydrogen) atoms. The van der Waals surface area contributed by atoms with E-state index in [1.165, 1.54) is 6.42 Å². The summed E-state index contributed by atoms with van der Waals surface area (Å²) in [5, 5.41) is 9.69. The Bertz CT molecular complexity index is 398. The first kappa shape index (κ1) is 13.5. The fraction of sp³-hybridized carbons (Fsp3) is 1.00. The summed E-state index contributed by atoms with van der Waals surface area (Å²) in [6.45, 7) is 4.91. The van der Waals surface area contributed by atoms with Gasteiger partial charge in [-0.25, -0.2) is 9.78 Å². The molecule has 5 aliphatic rings. The maximum absolute atomic E-state index is 9.69. The molecule has 4 aliphatic heterocycles. The van der Waals surface area contributed by atoms with Crippen LogP contribution in [0.4, 0.5) is 0 Å². The summed E-state index contributed by atoms with van der Waals surface area (Å²) in [6.07, 6.45) is 3.74. The predicted octanol–water partition coefficient (Wildman–Crippen LogP) is 1.84. The molecule has 0 unspecified atom stereocenters. The zero-order chi connectivity index (χ0) is 14.0. The number of fused-ring (bicyclic) bond motifs is 2. The van der Waals surface area contributed by atoms with Gasteiger partial charge in [0.2, 0.25) is 5.79 Å². The number of hydrogen-bond acceptors (Lipinski definition) is 5. The van der Waals surface area contributed by atoms with Crippen LogP contribution >= 0.6 is 0 Å². The highest BCUT2D eigenvalue weighted by atomic mass is 17.3. The Balaban J connectivity index is 1.79. The molecule has 5 nitrogen and oxygen atoms in total. The van der Waals surface area contributed by atoms with Gasteiger partial charge in [0.25, 0.3) is 0 Å². The largest absolute Gasteiger partial charge is 0.396 e. The Morgan fingerprint density at radius 3 is 2.80 bits per heavy atom. The zero-order valence-electron chi connectivity index (χ0n) is 12.2. The normalized spacial score (nSPS) is 58.0. The lowest BCUT2D eigenvalue weighted by Crippen LogP contribution is -2.69. The van der Waals surface area contributed by atoms with Crippen molar-refractivity contribution in [3.63, 3.8) is 0 Å². The van der Waals surface area contributed by atoms with E-state index >= 15 is 0 Å².